The third-order valence-corrected chi connectivity index (χ3v) is 5.33. The Morgan fingerprint density at radius 2 is 1.84 bits per heavy atom. The molecule has 0 N–H and O–H groups in total. The van der Waals surface area contributed by atoms with E-state index in [2.05, 4.69) is 6.58 Å². The van der Waals surface area contributed by atoms with Gasteiger partial charge in [-0.15, -0.1) is 0 Å². The van der Waals surface area contributed by atoms with E-state index in [1.165, 1.54) is 13.2 Å². The van der Waals surface area contributed by atoms with Gasteiger partial charge in [0.15, 0.2) is 0 Å². The maximum Gasteiger partial charge on any atom is 0.330 e. The van der Waals surface area contributed by atoms with Crippen molar-refractivity contribution in [2.45, 2.75) is 57.5 Å². The van der Waals surface area contributed by atoms with Gasteiger partial charge >= 0.3 is 11.9 Å². The molecule has 0 radical (unpaired) electrons. The van der Waals surface area contributed by atoms with Crippen molar-refractivity contribution in [3.8, 4) is 17.6 Å². The monoisotopic (exact) mass is 429 g/mol. The van der Waals surface area contributed by atoms with Crippen molar-refractivity contribution in [3.63, 3.8) is 0 Å². The Bertz CT molecular complexity index is 777. The summed E-state index contributed by atoms with van der Waals surface area (Å²) in [6, 6.07) is 6.85. The lowest BCUT2D eigenvalue weighted by molar-refractivity contribution is -0.141. The molecular weight excluding hydrogens is 398 g/mol. The van der Waals surface area contributed by atoms with E-state index in [4.69, 9.17) is 18.9 Å². The maximum absolute atomic E-state index is 12.5. The second-order valence-electron chi connectivity index (χ2n) is 7.53. The first-order valence-electron chi connectivity index (χ1n) is 10.8. The van der Waals surface area contributed by atoms with Crippen LogP contribution < -0.4 is 9.47 Å². The highest BCUT2D eigenvalue weighted by Crippen LogP contribution is 2.30. The van der Waals surface area contributed by atoms with E-state index in [9.17, 15) is 14.9 Å². The van der Waals surface area contributed by atoms with E-state index >= 15 is 0 Å². The second-order valence-corrected chi connectivity index (χ2v) is 7.53. The lowest BCUT2D eigenvalue weighted by atomic mass is 9.87. The summed E-state index contributed by atoms with van der Waals surface area (Å²) in [6.07, 6.45) is 8.25. The molecule has 0 aromatic heterocycles. The Morgan fingerprint density at radius 1 is 1.13 bits per heavy atom. The molecule has 7 nitrogen and oxygen atoms in total. The van der Waals surface area contributed by atoms with Gasteiger partial charge in [-0.2, -0.15) is 5.26 Å². The summed E-state index contributed by atoms with van der Waals surface area (Å²) in [5.41, 5.74) is 0.281. The zero-order valence-corrected chi connectivity index (χ0v) is 18.1. The van der Waals surface area contributed by atoms with Crippen LogP contribution in [-0.2, 0) is 19.1 Å². The van der Waals surface area contributed by atoms with Crippen LogP contribution in [-0.4, -0.2) is 38.4 Å². The van der Waals surface area contributed by atoms with Crippen LogP contribution in [0.1, 0.15) is 56.9 Å². The number of nitrogens with zero attached hydrogens (tertiary/aromatic N) is 1. The summed E-state index contributed by atoms with van der Waals surface area (Å²) < 4.78 is 21.5. The summed E-state index contributed by atoms with van der Waals surface area (Å²) in [5.74, 6) is -0.0302. The van der Waals surface area contributed by atoms with Crippen LogP contribution >= 0.6 is 0 Å². The molecule has 1 aromatic rings. The predicted octanol–water partition coefficient (Wildman–Crippen LogP) is 4.34. The Morgan fingerprint density at radius 3 is 2.48 bits per heavy atom. The minimum Gasteiger partial charge on any atom is -0.497 e. The number of esters is 2. The number of carbonyl (C=O) groups is 2. The van der Waals surface area contributed by atoms with E-state index in [-0.39, 0.29) is 35.3 Å². The number of hydrogen-bond acceptors (Lipinski definition) is 7. The molecule has 0 atom stereocenters. The van der Waals surface area contributed by atoms with Crippen molar-refractivity contribution < 1.29 is 28.5 Å². The molecule has 0 unspecified atom stereocenters. The normalized spacial score (nSPS) is 17.9. The molecule has 0 spiro atoms. The van der Waals surface area contributed by atoms with Crippen LogP contribution in [0.2, 0.25) is 0 Å². The third kappa shape index (κ3) is 8.42. The number of unbranched alkanes of at least 4 members (excludes halogenated alkanes) is 3. The van der Waals surface area contributed by atoms with Gasteiger partial charge in [-0.05, 0) is 57.1 Å². The van der Waals surface area contributed by atoms with Gasteiger partial charge in [0.1, 0.15) is 17.6 Å². The lowest BCUT2D eigenvalue weighted by Crippen LogP contribution is -2.29. The molecule has 0 saturated heterocycles. The van der Waals surface area contributed by atoms with Gasteiger partial charge in [-0.1, -0.05) is 13.0 Å². The molecule has 31 heavy (non-hydrogen) atoms. The minimum atomic E-state index is -0.377. The average molecular weight is 430 g/mol. The largest absolute Gasteiger partial charge is 0.497 e. The zero-order chi connectivity index (χ0) is 22.5. The Labute approximate surface area is 183 Å². The third-order valence-electron chi connectivity index (χ3n) is 5.33. The molecule has 1 aromatic carbocycles. The van der Waals surface area contributed by atoms with Gasteiger partial charge in [0.2, 0.25) is 0 Å². The van der Waals surface area contributed by atoms with Crippen molar-refractivity contribution in [3.05, 3.63) is 36.4 Å². The Kier molecular flexibility index (Phi) is 10.6. The SMILES string of the molecule is C=CC(=O)OCCCCCCOC1CCC(C(=O)Oc2ccc(OC)cc2C#N)CC1. The molecule has 0 heterocycles. The van der Waals surface area contributed by atoms with E-state index < -0.39 is 0 Å². The number of benzene rings is 1. The van der Waals surface area contributed by atoms with Crippen molar-refractivity contribution in [1.29, 1.82) is 5.26 Å². The number of rotatable bonds is 12. The molecule has 0 amide bonds. The highest BCUT2D eigenvalue weighted by atomic mass is 16.5. The van der Waals surface area contributed by atoms with Gasteiger partial charge in [0.25, 0.3) is 0 Å². The van der Waals surface area contributed by atoms with Crippen molar-refractivity contribution in [1.82, 2.24) is 0 Å². The van der Waals surface area contributed by atoms with Gasteiger partial charge in [0, 0.05) is 18.7 Å². The number of ether oxygens (including phenoxy) is 4. The quantitative estimate of drug-likeness (QED) is 0.211. The smallest absolute Gasteiger partial charge is 0.330 e. The summed E-state index contributed by atoms with van der Waals surface area (Å²) in [6.45, 7) is 4.48. The zero-order valence-electron chi connectivity index (χ0n) is 18.1. The molecule has 1 fully saturated rings. The van der Waals surface area contributed by atoms with Crippen molar-refractivity contribution >= 4 is 11.9 Å². The Balaban J connectivity index is 1.61. The van der Waals surface area contributed by atoms with Crippen LogP contribution in [0.4, 0.5) is 0 Å². The van der Waals surface area contributed by atoms with E-state index in [0.717, 1.165) is 51.4 Å². The molecular formula is C24H31NO6. The fourth-order valence-corrected chi connectivity index (χ4v) is 3.51. The standard InChI is InChI=1S/C24H31NO6/c1-3-23(26)30-15-7-5-4-6-14-29-20-10-8-18(9-11-20)24(27)31-22-13-12-21(28-2)16-19(22)17-25/h3,12-13,16,18,20H,1,4-11,14-15H2,2H3. The highest BCUT2D eigenvalue weighted by Gasteiger charge is 2.28. The van der Waals surface area contributed by atoms with Gasteiger partial charge in [-0.3, -0.25) is 4.79 Å². The minimum absolute atomic E-state index is 0.174. The first kappa shape index (κ1) is 24.4. The van der Waals surface area contributed by atoms with Crippen molar-refractivity contribution in [2.24, 2.45) is 5.92 Å². The average Bonchev–Trinajstić information content (AvgIpc) is 2.81. The Hall–Kier alpha value is -2.85. The van der Waals surface area contributed by atoms with Crippen LogP contribution in [0.5, 0.6) is 11.5 Å². The molecule has 168 valence electrons. The predicted molar refractivity (Wildman–Crippen MR) is 115 cm³/mol. The second kappa shape index (κ2) is 13.5. The van der Waals surface area contributed by atoms with Gasteiger partial charge in [-0.25, -0.2) is 4.79 Å². The van der Waals surface area contributed by atoms with Crippen LogP contribution in [0, 0.1) is 17.2 Å². The molecule has 1 aliphatic rings. The van der Waals surface area contributed by atoms with E-state index in [1.54, 1.807) is 18.2 Å². The van der Waals surface area contributed by atoms with Crippen LogP contribution in [0.25, 0.3) is 0 Å². The molecule has 7 heteroatoms. The maximum atomic E-state index is 12.5. The summed E-state index contributed by atoms with van der Waals surface area (Å²) >= 11 is 0. The van der Waals surface area contributed by atoms with Crippen molar-refractivity contribution in [2.75, 3.05) is 20.3 Å². The first-order valence-corrected chi connectivity index (χ1v) is 10.8. The summed E-state index contributed by atoms with van der Waals surface area (Å²) in [7, 11) is 1.52. The van der Waals surface area contributed by atoms with Crippen LogP contribution in [0.3, 0.4) is 0 Å². The van der Waals surface area contributed by atoms with Gasteiger partial charge < -0.3 is 18.9 Å². The molecule has 1 saturated carbocycles. The van der Waals surface area contributed by atoms with E-state index in [1.807, 2.05) is 6.07 Å². The lowest BCUT2D eigenvalue weighted by Gasteiger charge is -2.27. The summed E-state index contributed by atoms with van der Waals surface area (Å²) in [4.78, 5) is 23.4. The number of methoxy groups -OCH3 is 1. The fraction of sp³-hybridized carbons (Fsp3) is 0.542. The number of carbonyl (C=O) groups excluding carboxylic acids is 2. The highest BCUT2D eigenvalue weighted by molar-refractivity contribution is 5.81. The molecule has 1 aliphatic carbocycles. The molecule has 2 rings (SSSR count). The topological polar surface area (TPSA) is 94.8 Å². The molecule has 0 bridgehead atoms. The number of hydrogen-bond donors (Lipinski definition) is 0. The van der Waals surface area contributed by atoms with E-state index in [0.29, 0.717) is 19.0 Å². The van der Waals surface area contributed by atoms with Gasteiger partial charge in [0.05, 0.1) is 31.3 Å². The van der Waals surface area contributed by atoms with Crippen LogP contribution in [0.15, 0.2) is 30.9 Å². The molecule has 0 aliphatic heterocycles. The first-order chi connectivity index (χ1) is 15.1. The summed E-state index contributed by atoms with van der Waals surface area (Å²) in [5, 5.41) is 9.26. The fourth-order valence-electron chi connectivity index (χ4n) is 3.51. The number of nitriles is 1.